The molecule has 1 heterocycles. The summed E-state index contributed by atoms with van der Waals surface area (Å²) >= 11 is 0. The van der Waals surface area contributed by atoms with Crippen LogP contribution in [0.5, 0.6) is 0 Å². The zero-order valence-corrected chi connectivity index (χ0v) is 13.1. The number of rotatable bonds is 4. The molecule has 1 aliphatic rings. The van der Waals surface area contributed by atoms with Crippen molar-refractivity contribution in [2.24, 2.45) is 0 Å². The van der Waals surface area contributed by atoms with Gasteiger partial charge in [-0.15, -0.1) is 12.4 Å². The molecule has 5 nitrogen and oxygen atoms in total. The summed E-state index contributed by atoms with van der Waals surface area (Å²) in [5.41, 5.74) is 0.711. The van der Waals surface area contributed by atoms with Gasteiger partial charge in [-0.25, -0.2) is 0 Å². The molecule has 2 rings (SSSR count). The van der Waals surface area contributed by atoms with Crippen molar-refractivity contribution in [1.29, 1.82) is 0 Å². The Kier molecular flexibility index (Phi) is 7.19. The number of carbonyl (C=O) groups is 2. The number of nitrogens with one attached hydrogen (secondary N) is 1. The van der Waals surface area contributed by atoms with Crippen molar-refractivity contribution in [3.63, 3.8) is 0 Å². The molecule has 0 bridgehead atoms. The number of amides is 2. The van der Waals surface area contributed by atoms with Gasteiger partial charge < -0.3 is 15.1 Å². The first-order chi connectivity index (χ1) is 9.72. The Hall–Kier alpha value is -1.59. The van der Waals surface area contributed by atoms with Crippen LogP contribution in [-0.2, 0) is 4.79 Å². The SMILES string of the molecule is CNCCC(=O)N1CCN(C(=O)c2ccccc2)CC1.Cl. The quantitative estimate of drug-likeness (QED) is 0.902. The van der Waals surface area contributed by atoms with Crippen molar-refractivity contribution >= 4 is 24.2 Å². The van der Waals surface area contributed by atoms with Crippen molar-refractivity contribution < 1.29 is 9.59 Å². The Morgan fingerprint density at radius 3 is 2.19 bits per heavy atom. The van der Waals surface area contributed by atoms with Gasteiger partial charge in [0, 0.05) is 44.7 Å². The minimum atomic E-state index is 0. The standard InChI is InChI=1S/C15H21N3O2.ClH/c1-16-8-7-14(19)17-9-11-18(12-10-17)15(20)13-5-3-2-4-6-13;/h2-6,16H,7-12H2,1H3;1H. The first-order valence-corrected chi connectivity index (χ1v) is 6.99. The van der Waals surface area contributed by atoms with Crippen LogP contribution in [0.3, 0.4) is 0 Å². The average molecular weight is 312 g/mol. The highest BCUT2D eigenvalue weighted by Crippen LogP contribution is 2.09. The van der Waals surface area contributed by atoms with Gasteiger partial charge in [-0.3, -0.25) is 9.59 Å². The first-order valence-electron chi connectivity index (χ1n) is 6.99. The molecule has 0 unspecified atom stereocenters. The number of carbonyl (C=O) groups excluding carboxylic acids is 2. The van der Waals surface area contributed by atoms with Crippen LogP contribution in [0.1, 0.15) is 16.8 Å². The molecule has 6 heteroatoms. The largest absolute Gasteiger partial charge is 0.339 e. The minimum absolute atomic E-state index is 0. The minimum Gasteiger partial charge on any atom is -0.339 e. The van der Waals surface area contributed by atoms with Gasteiger partial charge in [0.05, 0.1) is 0 Å². The van der Waals surface area contributed by atoms with E-state index < -0.39 is 0 Å². The van der Waals surface area contributed by atoms with Crippen LogP contribution in [0.2, 0.25) is 0 Å². The van der Waals surface area contributed by atoms with Gasteiger partial charge >= 0.3 is 0 Å². The molecule has 0 aliphatic carbocycles. The van der Waals surface area contributed by atoms with Gasteiger partial charge in [0.25, 0.3) is 5.91 Å². The highest BCUT2D eigenvalue weighted by molar-refractivity contribution is 5.94. The van der Waals surface area contributed by atoms with Gasteiger partial charge in [-0.1, -0.05) is 18.2 Å². The van der Waals surface area contributed by atoms with E-state index in [4.69, 9.17) is 0 Å². The van der Waals surface area contributed by atoms with E-state index in [2.05, 4.69) is 5.32 Å². The summed E-state index contributed by atoms with van der Waals surface area (Å²) < 4.78 is 0. The summed E-state index contributed by atoms with van der Waals surface area (Å²) in [5, 5.41) is 2.97. The van der Waals surface area contributed by atoms with Crippen LogP contribution < -0.4 is 5.32 Å². The van der Waals surface area contributed by atoms with E-state index in [1.165, 1.54) is 0 Å². The highest BCUT2D eigenvalue weighted by atomic mass is 35.5. The van der Waals surface area contributed by atoms with Gasteiger partial charge in [-0.05, 0) is 19.2 Å². The lowest BCUT2D eigenvalue weighted by Crippen LogP contribution is -2.50. The molecular formula is C15H22ClN3O2. The fraction of sp³-hybridized carbons (Fsp3) is 0.467. The van der Waals surface area contributed by atoms with Crippen molar-refractivity contribution in [3.8, 4) is 0 Å². The predicted molar refractivity (Wildman–Crippen MR) is 84.7 cm³/mol. The van der Waals surface area contributed by atoms with E-state index in [9.17, 15) is 9.59 Å². The van der Waals surface area contributed by atoms with E-state index in [0.717, 1.165) is 0 Å². The van der Waals surface area contributed by atoms with Gasteiger partial charge in [-0.2, -0.15) is 0 Å². The number of benzene rings is 1. The number of halogens is 1. The maximum absolute atomic E-state index is 12.3. The zero-order valence-electron chi connectivity index (χ0n) is 12.2. The number of hydrogen-bond donors (Lipinski definition) is 1. The molecule has 116 valence electrons. The lowest BCUT2D eigenvalue weighted by molar-refractivity contribution is -0.132. The molecule has 21 heavy (non-hydrogen) atoms. The van der Waals surface area contributed by atoms with Crippen molar-refractivity contribution in [3.05, 3.63) is 35.9 Å². The summed E-state index contributed by atoms with van der Waals surface area (Å²) in [7, 11) is 1.84. The lowest BCUT2D eigenvalue weighted by Gasteiger charge is -2.35. The highest BCUT2D eigenvalue weighted by Gasteiger charge is 2.24. The molecule has 1 aromatic carbocycles. The molecule has 0 atom stereocenters. The molecular weight excluding hydrogens is 290 g/mol. The first kappa shape index (κ1) is 17.5. The van der Waals surface area contributed by atoms with Crippen LogP contribution in [0.15, 0.2) is 30.3 Å². The third-order valence-electron chi connectivity index (χ3n) is 3.53. The maximum Gasteiger partial charge on any atom is 0.253 e. The fourth-order valence-electron chi connectivity index (χ4n) is 2.31. The Labute approximate surface area is 131 Å². The molecule has 1 saturated heterocycles. The molecule has 1 aliphatic heterocycles. The van der Waals surface area contributed by atoms with Crippen LogP contribution in [0.25, 0.3) is 0 Å². The smallest absolute Gasteiger partial charge is 0.253 e. The van der Waals surface area contributed by atoms with Crippen molar-refractivity contribution in [1.82, 2.24) is 15.1 Å². The third kappa shape index (κ3) is 4.72. The fourth-order valence-corrected chi connectivity index (χ4v) is 2.31. The summed E-state index contributed by atoms with van der Waals surface area (Å²) in [5.74, 6) is 0.207. The van der Waals surface area contributed by atoms with Gasteiger partial charge in [0.15, 0.2) is 0 Å². The molecule has 0 radical (unpaired) electrons. The number of nitrogens with zero attached hydrogens (tertiary/aromatic N) is 2. The molecule has 0 saturated carbocycles. The Morgan fingerprint density at radius 1 is 1.05 bits per heavy atom. The normalized spacial score (nSPS) is 14.5. The monoisotopic (exact) mass is 311 g/mol. The molecule has 2 amide bonds. The zero-order chi connectivity index (χ0) is 14.4. The number of piperazine rings is 1. The van der Waals surface area contributed by atoms with E-state index >= 15 is 0 Å². The van der Waals surface area contributed by atoms with Crippen molar-refractivity contribution in [2.45, 2.75) is 6.42 Å². The van der Waals surface area contributed by atoms with Crippen LogP contribution in [0, 0.1) is 0 Å². The summed E-state index contributed by atoms with van der Waals surface area (Å²) in [6, 6.07) is 9.28. The van der Waals surface area contributed by atoms with Crippen LogP contribution >= 0.6 is 12.4 Å². The Balaban J connectivity index is 0.00000220. The lowest BCUT2D eigenvalue weighted by atomic mass is 10.2. The van der Waals surface area contributed by atoms with Crippen LogP contribution in [-0.4, -0.2) is 61.4 Å². The van der Waals surface area contributed by atoms with E-state index in [0.29, 0.717) is 44.7 Å². The Bertz CT molecular complexity index is 459. The average Bonchev–Trinajstić information content (AvgIpc) is 2.53. The summed E-state index contributed by atoms with van der Waals surface area (Å²) in [6.07, 6.45) is 0.517. The van der Waals surface area contributed by atoms with Crippen molar-refractivity contribution in [2.75, 3.05) is 39.8 Å². The Morgan fingerprint density at radius 2 is 1.62 bits per heavy atom. The molecule has 0 aromatic heterocycles. The summed E-state index contributed by atoms with van der Waals surface area (Å²) in [4.78, 5) is 27.8. The van der Waals surface area contributed by atoms with Gasteiger partial charge in [0.2, 0.25) is 5.91 Å². The van der Waals surface area contributed by atoms with E-state index in [1.54, 1.807) is 0 Å². The second kappa shape index (κ2) is 8.64. The molecule has 1 aromatic rings. The topological polar surface area (TPSA) is 52.7 Å². The second-order valence-electron chi connectivity index (χ2n) is 4.89. The van der Waals surface area contributed by atoms with E-state index in [1.807, 2.05) is 47.2 Å². The van der Waals surface area contributed by atoms with E-state index in [-0.39, 0.29) is 24.2 Å². The third-order valence-corrected chi connectivity index (χ3v) is 3.53. The summed E-state index contributed by atoms with van der Waals surface area (Å²) in [6.45, 7) is 3.17. The molecule has 1 fully saturated rings. The maximum atomic E-state index is 12.3. The second-order valence-corrected chi connectivity index (χ2v) is 4.89. The molecule has 0 spiro atoms. The van der Waals surface area contributed by atoms with Crippen LogP contribution in [0.4, 0.5) is 0 Å². The molecule has 1 N–H and O–H groups in total. The predicted octanol–water partition coefficient (Wildman–Crippen LogP) is 1.00. The number of hydrogen-bond acceptors (Lipinski definition) is 3. The van der Waals surface area contributed by atoms with Gasteiger partial charge in [0.1, 0.15) is 0 Å².